The molecule has 1 aliphatic rings. The lowest BCUT2D eigenvalue weighted by Crippen LogP contribution is -2.42. The minimum atomic E-state index is -0.586. The average molecular weight is 517 g/mol. The summed E-state index contributed by atoms with van der Waals surface area (Å²) in [7, 11) is 0. The van der Waals surface area contributed by atoms with Crippen molar-refractivity contribution >= 4 is 27.7 Å². The van der Waals surface area contributed by atoms with Crippen LogP contribution in [0.3, 0.4) is 0 Å². The van der Waals surface area contributed by atoms with E-state index in [1.54, 1.807) is 40.0 Å². The van der Waals surface area contributed by atoms with E-state index in [1.165, 1.54) is 17.0 Å². The molecular formula is C23H17BrN8O2. The molecule has 4 rings (SSSR count). The number of halogens is 1. The number of aromatic nitrogens is 4. The van der Waals surface area contributed by atoms with Crippen LogP contribution in [-0.2, 0) is 13.1 Å². The molecule has 11 heteroatoms. The third-order valence-corrected chi connectivity index (χ3v) is 5.88. The lowest BCUT2D eigenvalue weighted by atomic mass is 10.2. The van der Waals surface area contributed by atoms with Gasteiger partial charge < -0.3 is 4.90 Å². The Morgan fingerprint density at radius 1 is 1.00 bits per heavy atom. The van der Waals surface area contributed by atoms with Gasteiger partial charge in [0.25, 0.3) is 5.56 Å². The summed E-state index contributed by atoms with van der Waals surface area (Å²) < 4.78 is 4.13. The maximum absolute atomic E-state index is 13.6. The van der Waals surface area contributed by atoms with Gasteiger partial charge in [0.15, 0.2) is 5.82 Å². The maximum Gasteiger partial charge on any atom is 0.333 e. The zero-order valence-corrected chi connectivity index (χ0v) is 19.7. The Balaban J connectivity index is 1.96. The number of fused-ring (bicyclic) bond motifs is 1. The van der Waals surface area contributed by atoms with Crippen molar-refractivity contribution in [2.24, 2.45) is 0 Å². The number of hydrogen-bond acceptors (Lipinski definition) is 8. The summed E-state index contributed by atoms with van der Waals surface area (Å²) in [5.74, 6) is 6.14. The molecule has 0 N–H and O–H groups in total. The summed E-state index contributed by atoms with van der Waals surface area (Å²) >= 11 is 3.45. The number of rotatable bonds is 5. The van der Waals surface area contributed by atoms with Crippen molar-refractivity contribution in [2.75, 3.05) is 22.0 Å². The average Bonchev–Trinajstić information content (AvgIpc) is 3.19. The van der Waals surface area contributed by atoms with Crippen molar-refractivity contribution in [3.63, 3.8) is 0 Å². The van der Waals surface area contributed by atoms with Crippen LogP contribution in [0.15, 0.2) is 46.2 Å². The molecule has 168 valence electrons. The fourth-order valence-electron chi connectivity index (χ4n) is 3.74. The molecule has 0 atom stereocenters. The highest BCUT2D eigenvalue weighted by atomic mass is 79.9. The molecule has 0 aliphatic carbocycles. The second kappa shape index (κ2) is 9.62. The smallest absolute Gasteiger partial charge is 0.333 e. The van der Waals surface area contributed by atoms with E-state index in [2.05, 4.69) is 38.0 Å². The first-order chi connectivity index (χ1) is 16.5. The molecule has 0 saturated carbocycles. The zero-order chi connectivity index (χ0) is 24.2. The first-order valence-electron chi connectivity index (χ1n) is 10.1. The van der Waals surface area contributed by atoms with E-state index in [0.717, 1.165) is 4.57 Å². The maximum atomic E-state index is 13.6. The lowest BCUT2D eigenvalue weighted by molar-refractivity contribution is 0.617. The summed E-state index contributed by atoms with van der Waals surface area (Å²) in [4.78, 5) is 37.1. The van der Waals surface area contributed by atoms with Crippen LogP contribution >= 0.6 is 16.1 Å². The second-order valence-corrected chi connectivity index (χ2v) is 8.16. The molecule has 1 aliphatic heterocycles. The molecule has 0 radical (unpaired) electrons. The van der Waals surface area contributed by atoms with Crippen LogP contribution in [0, 0.1) is 34.5 Å². The van der Waals surface area contributed by atoms with Gasteiger partial charge in [-0.1, -0.05) is 18.1 Å². The van der Waals surface area contributed by atoms with Crippen LogP contribution in [0.25, 0.3) is 0 Å². The highest BCUT2D eigenvalue weighted by Crippen LogP contribution is 2.34. The third-order valence-electron chi connectivity index (χ3n) is 5.32. The van der Waals surface area contributed by atoms with Crippen molar-refractivity contribution in [1.29, 1.82) is 10.5 Å². The van der Waals surface area contributed by atoms with E-state index < -0.39 is 11.2 Å². The van der Waals surface area contributed by atoms with Gasteiger partial charge in [-0.25, -0.2) is 14.8 Å². The Morgan fingerprint density at radius 3 is 2.15 bits per heavy atom. The predicted molar refractivity (Wildman–Crippen MR) is 128 cm³/mol. The molecule has 0 saturated heterocycles. The van der Waals surface area contributed by atoms with E-state index >= 15 is 0 Å². The summed E-state index contributed by atoms with van der Waals surface area (Å²) in [6.45, 7) is 2.17. The Morgan fingerprint density at radius 2 is 1.59 bits per heavy atom. The van der Waals surface area contributed by atoms with Crippen molar-refractivity contribution in [3.05, 3.63) is 80.0 Å². The number of pyridine rings is 2. The molecule has 0 unspecified atom stereocenters. The second-order valence-electron chi connectivity index (χ2n) is 7.31. The number of hydrogen-bond donors (Lipinski definition) is 0. The van der Waals surface area contributed by atoms with Gasteiger partial charge in [-0.05, 0) is 19.1 Å². The molecule has 0 fully saturated rings. The summed E-state index contributed by atoms with van der Waals surface area (Å²) in [6.07, 6.45) is 2.98. The van der Waals surface area contributed by atoms with Gasteiger partial charge in [-0.2, -0.15) is 10.5 Å². The van der Waals surface area contributed by atoms with Crippen LogP contribution in [0.1, 0.15) is 29.4 Å². The topological polar surface area (TPSA) is 124 Å². The minimum Gasteiger partial charge on any atom is -0.334 e. The molecule has 0 spiro atoms. The summed E-state index contributed by atoms with van der Waals surface area (Å²) in [5.41, 5.74) is 0.509. The molecule has 34 heavy (non-hydrogen) atoms. The Hall–Kier alpha value is -4.40. The molecule has 0 amide bonds. The van der Waals surface area contributed by atoms with Crippen LogP contribution in [0.2, 0.25) is 0 Å². The predicted octanol–water partition coefficient (Wildman–Crippen LogP) is 1.56. The normalized spacial score (nSPS) is 11.9. The van der Waals surface area contributed by atoms with Gasteiger partial charge in [-0.3, -0.25) is 17.9 Å². The van der Waals surface area contributed by atoms with Gasteiger partial charge in [0.05, 0.1) is 35.8 Å². The van der Waals surface area contributed by atoms with Crippen molar-refractivity contribution in [3.8, 4) is 24.0 Å². The monoisotopic (exact) mass is 516 g/mol. The largest absolute Gasteiger partial charge is 0.334 e. The number of anilines is 2. The molecule has 3 aromatic heterocycles. The first-order valence-corrected chi connectivity index (χ1v) is 10.8. The molecule has 3 aromatic rings. The van der Waals surface area contributed by atoms with E-state index in [-0.39, 0.29) is 37.7 Å². The van der Waals surface area contributed by atoms with Gasteiger partial charge in [0, 0.05) is 23.5 Å². The highest BCUT2D eigenvalue weighted by Gasteiger charge is 2.33. The van der Waals surface area contributed by atoms with Gasteiger partial charge in [-0.15, -0.1) is 5.92 Å². The molecular weight excluding hydrogens is 500 g/mol. The first kappa shape index (κ1) is 22.8. The summed E-state index contributed by atoms with van der Waals surface area (Å²) in [5, 5.41) is 18.9. The fraction of sp³-hybridized carbons (Fsp3) is 0.217. The van der Waals surface area contributed by atoms with Crippen LogP contribution < -0.4 is 20.1 Å². The minimum absolute atomic E-state index is 0.0196. The van der Waals surface area contributed by atoms with Gasteiger partial charge in [0.1, 0.15) is 35.9 Å². The fourth-order valence-corrected chi connectivity index (χ4v) is 4.37. The Labute approximate surface area is 203 Å². The molecule has 0 bridgehead atoms. The van der Waals surface area contributed by atoms with E-state index in [4.69, 9.17) is 0 Å². The standard InChI is InChI=1S/C23H17BrN8O2/c1-2-3-10-29-15-32(24)21-20(29)22(33)31(14-17-7-5-9-28-19(17)12-26)23(34)30(21)13-16-6-4-8-27-18(16)11-25/h4-9H,10,13-15H2,1H3. The van der Waals surface area contributed by atoms with E-state index in [9.17, 15) is 20.1 Å². The van der Waals surface area contributed by atoms with Crippen LogP contribution in [-0.4, -0.2) is 32.3 Å². The quantitative estimate of drug-likeness (QED) is 0.369. The highest BCUT2D eigenvalue weighted by molar-refractivity contribution is 9.10. The lowest BCUT2D eigenvalue weighted by Gasteiger charge is -2.18. The van der Waals surface area contributed by atoms with Gasteiger partial charge in [0.2, 0.25) is 0 Å². The molecule has 0 aromatic carbocycles. The zero-order valence-electron chi connectivity index (χ0n) is 18.1. The van der Waals surface area contributed by atoms with Gasteiger partial charge >= 0.3 is 5.69 Å². The van der Waals surface area contributed by atoms with Crippen molar-refractivity contribution in [1.82, 2.24) is 19.1 Å². The van der Waals surface area contributed by atoms with Crippen molar-refractivity contribution in [2.45, 2.75) is 20.0 Å². The molecule has 4 heterocycles. The Kier molecular flexibility index (Phi) is 6.44. The third kappa shape index (κ3) is 4.03. The summed E-state index contributed by atoms with van der Waals surface area (Å²) in [6, 6.07) is 10.7. The van der Waals surface area contributed by atoms with E-state index in [0.29, 0.717) is 22.6 Å². The van der Waals surface area contributed by atoms with Crippen molar-refractivity contribution < 1.29 is 0 Å². The van der Waals surface area contributed by atoms with E-state index in [1.807, 2.05) is 12.1 Å². The SMILES string of the molecule is CC#CCN1CN(Br)c2c1c(=O)n(Cc1cccnc1C#N)c(=O)n2Cc1cccnc1C#N. The molecule has 10 nitrogen and oxygen atoms in total. The number of nitrogens with zero attached hydrogens (tertiary/aromatic N) is 8. The van der Waals surface area contributed by atoms with Crippen LogP contribution in [0.5, 0.6) is 0 Å². The number of nitriles is 2. The van der Waals surface area contributed by atoms with Crippen LogP contribution in [0.4, 0.5) is 11.5 Å². The Bertz CT molecular complexity index is 1530.